The van der Waals surface area contributed by atoms with Crippen molar-refractivity contribution in [3.8, 4) is 0 Å². The Morgan fingerprint density at radius 2 is 2.00 bits per heavy atom. The van der Waals surface area contributed by atoms with E-state index in [2.05, 4.69) is 42.4 Å². The van der Waals surface area contributed by atoms with Gasteiger partial charge in [0.1, 0.15) is 5.82 Å². The summed E-state index contributed by atoms with van der Waals surface area (Å²) in [6, 6.07) is 11.0. The van der Waals surface area contributed by atoms with Gasteiger partial charge in [-0.3, -0.25) is 9.78 Å². The van der Waals surface area contributed by atoms with Gasteiger partial charge in [0.05, 0.1) is 23.6 Å². The molecule has 2 aromatic heterocycles. The molecule has 1 amide bonds. The molecule has 3 rings (SSSR count). The number of hydrogen-bond donors (Lipinski definition) is 1. The summed E-state index contributed by atoms with van der Waals surface area (Å²) in [5, 5.41) is 2.99. The van der Waals surface area contributed by atoms with Crippen molar-refractivity contribution in [2.24, 2.45) is 0 Å². The zero-order valence-electron chi connectivity index (χ0n) is 13.2. The summed E-state index contributed by atoms with van der Waals surface area (Å²) < 4.78 is 2.91. The van der Waals surface area contributed by atoms with Crippen LogP contribution >= 0.6 is 15.9 Å². The Balaban J connectivity index is 1.93. The fourth-order valence-electron chi connectivity index (χ4n) is 2.61. The molecule has 1 N–H and O–H groups in total. The number of nitrogens with zero attached hydrogens (tertiary/aromatic N) is 3. The first-order valence-electron chi connectivity index (χ1n) is 7.55. The second-order valence-electron chi connectivity index (χ2n) is 5.49. The van der Waals surface area contributed by atoms with Crippen molar-refractivity contribution in [1.29, 1.82) is 0 Å². The van der Waals surface area contributed by atoms with Gasteiger partial charge in [0.2, 0.25) is 0 Å². The Morgan fingerprint density at radius 1 is 1.29 bits per heavy atom. The number of pyridine rings is 1. The van der Waals surface area contributed by atoms with E-state index in [1.165, 1.54) is 0 Å². The topological polar surface area (TPSA) is 59.8 Å². The van der Waals surface area contributed by atoms with Crippen molar-refractivity contribution in [2.45, 2.75) is 19.5 Å². The molecule has 0 fully saturated rings. The van der Waals surface area contributed by atoms with Crippen LogP contribution in [-0.2, 0) is 6.54 Å². The summed E-state index contributed by atoms with van der Waals surface area (Å²) in [4.78, 5) is 21.0. The van der Waals surface area contributed by atoms with E-state index in [-0.39, 0.29) is 11.9 Å². The van der Waals surface area contributed by atoms with Crippen LogP contribution in [0, 0.1) is 0 Å². The standard InChI is InChI=1S/C18H17BrN4O/c1-12(19)11-23-16-6-4-3-5-15(16)22-17(23)13(2)21-18(24)14-7-9-20-10-8-14/h3-10,13H,1,11H2,2H3,(H,21,24). The molecule has 1 unspecified atom stereocenters. The predicted octanol–water partition coefficient (Wildman–Crippen LogP) is 3.83. The Labute approximate surface area is 148 Å². The molecular weight excluding hydrogens is 368 g/mol. The number of hydrogen-bond acceptors (Lipinski definition) is 3. The molecular formula is C18H17BrN4O. The Morgan fingerprint density at radius 3 is 2.71 bits per heavy atom. The number of rotatable bonds is 5. The maximum Gasteiger partial charge on any atom is 0.251 e. The number of halogens is 1. The smallest absolute Gasteiger partial charge is 0.251 e. The molecule has 0 bridgehead atoms. The quantitative estimate of drug-likeness (QED) is 0.726. The van der Waals surface area contributed by atoms with E-state index in [0.717, 1.165) is 21.3 Å². The van der Waals surface area contributed by atoms with Gasteiger partial charge in [-0.05, 0) is 31.2 Å². The van der Waals surface area contributed by atoms with E-state index in [1.54, 1.807) is 24.5 Å². The summed E-state index contributed by atoms with van der Waals surface area (Å²) in [6.07, 6.45) is 3.20. The molecule has 1 aromatic carbocycles. The minimum Gasteiger partial charge on any atom is -0.342 e. The average Bonchev–Trinajstić information content (AvgIpc) is 2.94. The lowest BCUT2D eigenvalue weighted by molar-refractivity contribution is 0.0937. The summed E-state index contributed by atoms with van der Waals surface area (Å²) in [6.45, 7) is 6.43. The fraction of sp³-hybridized carbons (Fsp3) is 0.167. The van der Waals surface area contributed by atoms with Crippen LogP contribution in [0.5, 0.6) is 0 Å². The van der Waals surface area contributed by atoms with Gasteiger partial charge in [-0.15, -0.1) is 0 Å². The summed E-state index contributed by atoms with van der Waals surface area (Å²) in [7, 11) is 0. The zero-order chi connectivity index (χ0) is 17.1. The van der Waals surface area contributed by atoms with E-state index >= 15 is 0 Å². The molecule has 0 radical (unpaired) electrons. The molecule has 0 aliphatic rings. The van der Waals surface area contributed by atoms with Crippen molar-refractivity contribution in [1.82, 2.24) is 19.9 Å². The maximum atomic E-state index is 12.4. The normalized spacial score (nSPS) is 12.1. The molecule has 0 spiro atoms. The molecule has 0 aliphatic heterocycles. The first-order valence-corrected chi connectivity index (χ1v) is 8.35. The van der Waals surface area contributed by atoms with E-state index in [0.29, 0.717) is 12.1 Å². The molecule has 6 heteroatoms. The summed E-state index contributed by atoms with van der Waals surface area (Å²) in [5.74, 6) is 0.639. The van der Waals surface area contributed by atoms with Crippen LogP contribution in [0.4, 0.5) is 0 Å². The number of imidazole rings is 1. The highest BCUT2D eigenvalue weighted by atomic mass is 79.9. The molecule has 5 nitrogen and oxygen atoms in total. The first-order chi connectivity index (χ1) is 11.6. The number of carbonyl (C=O) groups is 1. The zero-order valence-corrected chi connectivity index (χ0v) is 14.8. The molecule has 24 heavy (non-hydrogen) atoms. The number of benzene rings is 1. The lowest BCUT2D eigenvalue weighted by Crippen LogP contribution is -2.28. The van der Waals surface area contributed by atoms with Crippen molar-refractivity contribution < 1.29 is 4.79 Å². The summed E-state index contributed by atoms with van der Waals surface area (Å²) in [5.41, 5.74) is 2.48. The highest BCUT2D eigenvalue weighted by molar-refractivity contribution is 9.11. The van der Waals surface area contributed by atoms with Gasteiger partial charge in [0, 0.05) is 22.4 Å². The Kier molecular flexibility index (Phi) is 4.76. The van der Waals surface area contributed by atoms with Gasteiger partial charge < -0.3 is 9.88 Å². The Bertz CT molecular complexity index is 888. The van der Waals surface area contributed by atoms with E-state index in [4.69, 9.17) is 0 Å². The van der Waals surface area contributed by atoms with E-state index in [9.17, 15) is 4.79 Å². The number of para-hydroxylation sites is 2. The van der Waals surface area contributed by atoms with Crippen molar-refractivity contribution >= 4 is 32.9 Å². The van der Waals surface area contributed by atoms with E-state index < -0.39 is 0 Å². The minimum absolute atomic E-state index is 0.152. The predicted molar refractivity (Wildman–Crippen MR) is 97.9 cm³/mol. The Hall–Kier alpha value is -2.47. The number of aromatic nitrogens is 3. The number of nitrogens with one attached hydrogen (secondary N) is 1. The maximum absolute atomic E-state index is 12.4. The van der Waals surface area contributed by atoms with Gasteiger partial charge >= 0.3 is 0 Å². The second kappa shape index (κ2) is 6.97. The number of fused-ring (bicyclic) bond motifs is 1. The monoisotopic (exact) mass is 384 g/mol. The molecule has 0 saturated carbocycles. The van der Waals surface area contributed by atoms with Crippen LogP contribution in [0.15, 0.2) is 59.9 Å². The largest absolute Gasteiger partial charge is 0.342 e. The van der Waals surface area contributed by atoms with Crippen molar-refractivity contribution in [3.05, 3.63) is 71.2 Å². The van der Waals surface area contributed by atoms with Crippen LogP contribution in [0.1, 0.15) is 29.1 Å². The minimum atomic E-state index is -0.245. The van der Waals surface area contributed by atoms with Crippen LogP contribution < -0.4 is 5.32 Å². The molecule has 3 aromatic rings. The second-order valence-corrected chi connectivity index (χ2v) is 6.61. The van der Waals surface area contributed by atoms with Gasteiger partial charge in [0.25, 0.3) is 5.91 Å². The number of amides is 1. The van der Waals surface area contributed by atoms with Gasteiger partial charge in [-0.2, -0.15) is 0 Å². The highest BCUT2D eigenvalue weighted by Gasteiger charge is 2.19. The van der Waals surface area contributed by atoms with Crippen molar-refractivity contribution in [2.75, 3.05) is 0 Å². The lowest BCUT2D eigenvalue weighted by atomic mass is 10.2. The van der Waals surface area contributed by atoms with Gasteiger partial charge in [-0.25, -0.2) is 4.98 Å². The third-order valence-electron chi connectivity index (χ3n) is 3.69. The molecule has 0 saturated heterocycles. The molecule has 0 aliphatic carbocycles. The SMILES string of the molecule is C=C(Br)Cn1c(C(C)NC(=O)c2ccncc2)nc2ccccc21. The van der Waals surface area contributed by atoms with Crippen molar-refractivity contribution in [3.63, 3.8) is 0 Å². The summed E-state index contributed by atoms with van der Waals surface area (Å²) >= 11 is 3.42. The fourth-order valence-corrected chi connectivity index (χ4v) is 2.86. The van der Waals surface area contributed by atoms with Crippen LogP contribution in [0.25, 0.3) is 11.0 Å². The first kappa shape index (κ1) is 16.4. The highest BCUT2D eigenvalue weighted by Crippen LogP contribution is 2.23. The average molecular weight is 385 g/mol. The van der Waals surface area contributed by atoms with Crippen LogP contribution in [0.2, 0.25) is 0 Å². The van der Waals surface area contributed by atoms with Crippen LogP contribution in [0.3, 0.4) is 0 Å². The lowest BCUT2D eigenvalue weighted by Gasteiger charge is -2.16. The van der Waals surface area contributed by atoms with Gasteiger partial charge in [0.15, 0.2) is 0 Å². The third-order valence-corrected chi connectivity index (χ3v) is 3.94. The van der Waals surface area contributed by atoms with Crippen LogP contribution in [-0.4, -0.2) is 20.4 Å². The number of allylic oxidation sites excluding steroid dienone is 1. The molecule has 122 valence electrons. The van der Waals surface area contributed by atoms with E-state index in [1.807, 2.05) is 31.2 Å². The molecule has 1 atom stereocenters. The third kappa shape index (κ3) is 3.38. The van der Waals surface area contributed by atoms with Gasteiger partial charge in [-0.1, -0.05) is 34.6 Å². The molecule has 2 heterocycles. The number of carbonyl (C=O) groups excluding carboxylic acids is 1.